The van der Waals surface area contributed by atoms with Gasteiger partial charge in [0.15, 0.2) is 0 Å². The Morgan fingerprint density at radius 2 is 1.87 bits per heavy atom. The largest absolute Gasteiger partial charge is 0.394 e. The second-order valence-electron chi connectivity index (χ2n) is 2.15. The van der Waals surface area contributed by atoms with Gasteiger partial charge in [-0.05, 0) is 6.07 Å². The van der Waals surface area contributed by atoms with E-state index in [0.29, 0.717) is 0 Å². The van der Waals surface area contributed by atoms with E-state index in [2.05, 4.69) is 4.98 Å². The van der Waals surface area contributed by atoms with Gasteiger partial charge in [-0.2, -0.15) is 8.42 Å². The summed E-state index contributed by atoms with van der Waals surface area (Å²) in [5, 5.41) is 10.0. The lowest BCUT2D eigenvalue weighted by Gasteiger charge is -1.89. The first-order valence-electron chi connectivity index (χ1n) is 3.26. The molecule has 10 heteroatoms. The summed E-state index contributed by atoms with van der Waals surface area (Å²) in [6, 6.07) is 2.69. The zero-order valence-corrected chi connectivity index (χ0v) is 7.96. The van der Waals surface area contributed by atoms with Gasteiger partial charge in [0.25, 0.3) is 5.69 Å². The molecular weight excluding hydrogens is 230 g/mol. The minimum Gasteiger partial charge on any atom is -0.384 e. The van der Waals surface area contributed by atoms with Crippen molar-refractivity contribution in [2.75, 3.05) is 5.73 Å². The van der Waals surface area contributed by atoms with Crippen LogP contribution in [0.4, 0.5) is 11.5 Å². The van der Waals surface area contributed by atoms with E-state index in [-0.39, 0.29) is 11.5 Å². The van der Waals surface area contributed by atoms with Gasteiger partial charge < -0.3 is 5.73 Å². The summed E-state index contributed by atoms with van der Waals surface area (Å²) >= 11 is 0. The van der Waals surface area contributed by atoms with Gasteiger partial charge in [0.2, 0.25) is 0 Å². The average Bonchev–Trinajstić information content (AvgIpc) is 2.01. The predicted octanol–water partition coefficient (Wildman–Crippen LogP) is -0.0808. The van der Waals surface area contributed by atoms with Crippen LogP contribution in [0.25, 0.3) is 0 Å². The van der Waals surface area contributed by atoms with Crippen molar-refractivity contribution in [1.82, 2.24) is 4.98 Å². The molecule has 0 saturated carbocycles. The van der Waals surface area contributed by atoms with E-state index in [1.165, 1.54) is 12.1 Å². The molecule has 84 valence electrons. The second kappa shape index (κ2) is 5.19. The first-order chi connectivity index (χ1) is 6.70. The van der Waals surface area contributed by atoms with Gasteiger partial charge in [-0.25, -0.2) is 4.98 Å². The van der Waals surface area contributed by atoms with Crippen molar-refractivity contribution < 1.29 is 22.4 Å². The lowest BCUT2D eigenvalue weighted by Crippen LogP contribution is -1.92. The Balaban J connectivity index is 0.000000336. The number of aromatic nitrogens is 1. The van der Waals surface area contributed by atoms with E-state index >= 15 is 0 Å². The third-order valence-corrected chi connectivity index (χ3v) is 0.982. The van der Waals surface area contributed by atoms with Crippen molar-refractivity contribution in [3.05, 3.63) is 28.4 Å². The number of nitrogens with two attached hydrogens (primary N) is 1. The molecule has 1 heterocycles. The SMILES string of the molecule is Nc1ccc([N+](=O)[O-])cn1.O=S(=O)(O)O. The third kappa shape index (κ3) is 8.55. The molecule has 9 nitrogen and oxygen atoms in total. The third-order valence-electron chi connectivity index (χ3n) is 0.982. The maximum absolute atomic E-state index is 10.0. The highest BCUT2D eigenvalue weighted by Gasteiger charge is 2.02. The number of hydrogen-bond acceptors (Lipinski definition) is 6. The van der Waals surface area contributed by atoms with E-state index in [9.17, 15) is 10.1 Å². The summed E-state index contributed by atoms with van der Waals surface area (Å²) in [7, 11) is -4.67. The number of nitrogens with zero attached hydrogens (tertiary/aromatic N) is 2. The van der Waals surface area contributed by atoms with Gasteiger partial charge in [-0.1, -0.05) is 0 Å². The molecule has 0 aliphatic heterocycles. The highest BCUT2D eigenvalue weighted by Crippen LogP contribution is 2.08. The highest BCUT2D eigenvalue weighted by molar-refractivity contribution is 7.79. The number of pyridine rings is 1. The molecule has 0 aliphatic carbocycles. The van der Waals surface area contributed by atoms with Crippen LogP contribution in [0.3, 0.4) is 0 Å². The van der Waals surface area contributed by atoms with Gasteiger partial charge in [-0.3, -0.25) is 19.2 Å². The summed E-state index contributed by atoms with van der Waals surface area (Å²) in [6.07, 6.45) is 1.12. The Morgan fingerprint density at radius 3 is 2.13 bits per heavy atom. The quantitative estimate of drug-likeness (QED) is 0.347. The molecule has 0 spiro atoms. The molecule has 0 amide bonds. The molecule has 15 heavy (non-hydrogen) atoms. The minimum absolute atomic E-state index is 0.0470. The van der Waals surface area contributed by atoms with Crippen LogP contribution in [0, 0.1) is 10.1 Å². The molecular formula is C5H7N3O6S. The Kier molecular flexibility index (Phi) is 4.57. The standard InChI is InChI=1S/C5H5N3O2.H2O4S/c6-5-2-1-4(3-7-5)8(9)10;1-5(2,3)4/h1-3H,(H2,6,7);(H2,1,2,3,4). The molecule has 0 fully saturated rings. The van der Waals surface area contributed by atoms with Crippen LogP contribution in [-0.2, 0) is 10.4 Å². The fourth-order valence-electron chi connectivity index (χ4n) is 0.505. The van der Waals surface area contributed by atoms with Crippen LogP contribution < -0.4 is 5.73 Å². The fraction of sp³-hybridized carbons (Fsp3) is 0. The van der Waals surface area contributed by atoms with Crippen molar-refractivity contribution in [2.24, 2.45) is 0 Å². The van der Waals surface area contributed by atoms with Crippen molar-refractivity contribution in [1.29, 1.82) is 0 Å². The fourth-order valence-corrected chi connectivity index (χ4v) is 0.505. The van der Waals surface area contributed by atoms with E-state index in [0.717, 1.165) is 6.20 Å². The highest BCUT2D eigenvalue weighted by atomic mass is 32.3. The first-order valence-corrected chi connectivity index (χ1v) is 4.65. The molecule has 0 atom stereocenters. The maximum Gasteiger partial charge on any atom is 0.394 e. The average molecular weight is 237 g/mol. The van der Waals surface area contributed by atoms with Crippen molar-refractivity contribution >= 4 is 21.9 Å². The smallest absolute Gasteiger partial charge is 0.384 e. The van der Waals surface area contributed by atoms with Crippen LogP contribution in [-0.4, -0.2) is 27.4 Å². The molecule has 0 bridgehead atoms. The van der Waals surface area contributed by atoms with Gasteiger partial charge >= 0.3 is 10.4 Å². The monoisotopic (exact) mass is 237 g/mol. The molecule has 1 aromatic heterocycles. The number of anilines is 1. The van der Waals surface area contributed by atoms with E-state index in [4.69, 9.17) is 23.3 Å². The zero-order valence-electron chi connectivity index (χ0n) is 7.14. The van der Waals surface area contributed by atoms with E-state index in [1.54, 1.807) is 0 Å². The first kappa shape index (κ1) is 13.2. The molecule has 0 saturated heterocycles. The minimum atomic E-state index is -4.67. The summed E-state index contributed by atoms with van der Waals surface area (Å²) < 4.78 is 31.6. The van der Waals surface area contributed by atoms with Crippen molar-refractivity contribution in [3.8, 4) is 0 Å². The number of nitrogen functional groups attached to an aromatic ring is 1. The van der Waals surface area contributed by atoms with Crippen LogP contribution in [0.5, 0.6) is 0 Å². The molecule has 1 aromatic rings. The molecule has 0 radical (unpaired) electrons. The maximum atomic E-state index is 10.0. The predicted molar refractivity (Wildman–Crippen MR) is 49.5 cm³/mol. The number of rotatable bonds is 1. The van der Waals surface area contributed by atoms with Gasteiger partial charge in [0, 0.05) is 6.07 Å². The Labute approximate surface area is 84.3 Å². The summed E-state index contributed by atoms with van der Waals surface area (Å²) in [5.41, 5.74) is 5.15. The van der Waals surface area contributed by atoms with Gasteiger partial charge in [0.1, 0.15) is 12.0 Å². The van der Waals surface area contributed by atoms with E-state index < -0.39 is 15.3 Å². The Morgan fingerprint density at radius 1 is 1.40 bits per heavy atom. The van der Waals surface area contributed by atoms with Crippen LogP contribution in [0.2, 0.25) is 0 Å². The van der Waals surface area contributed by atoms with Crippen LogP contribution >= 0.6 is 0 Å². The Bertz CT molecular complexity index is 419. The van der Waals surface area contributed by atoms with Gasteiger partial charge in [0.05, 0.1) is 4.92 Å². The zero-order chi connectivity index (χ0) is 12.1. The topological polar surface area (TPSA) is 157 Å². The van der Waals surface area contributed by atoms with E-state index in [1.807, 2.05) is 0 Å². The number of hydrogen-bond donors (Lipinski definition) is 3. The van der Waals surface area contributed by atoms with Gasteiger partial charge in [-0.15, -0.1) is 0 Å². The molecule has 0 unspecified atom stereocenters. The molecule has 0 aromatic carbocycles. The second-order valence-corrected chi connectivity index (χ2v) is 3.04. The summed E-state index contributed by atoms with van der Waals surface area (Å²) in [5.74, 6) is 0.283. The van der Waals surface area contributed by atoms with Crippen molar-refractivity contribution in [3.63, 3.8) is 0 Å². The lowest BCUT2D eigenvalue weighted by molar-refractivity contribution is -0.385. The molecule has 4 N–H and O–H groups in total. The lowest BCUT2D eigenvalue weighted by atomic mass is 10.4. The van der Waals surface area contributed by atoms with Crippen LogP contribution in [0.1, 0.15) is 0 Å². The molecule has 0 aliphatic rings. The van der Waals surface area contributed by atoms with Crippen molar-refractivity contribution in [2.45, 2.75) is 0 Å². The summed E-state index contributed by atoms with van der Waals surface area (Å²) in [6.45, 7) is 0. The summed E-state index contributed by atoms with van der Waals surface area (Å²) in [4.78, 5) is 13.1. The number of nitro groups is 1. The molecule has 1 rings (SSSR count). The normalized spacial score (nSPS) is 10.0. The van der Waals surface area contributed by atoms with Crippen LogP contribution in [0.15, 0.2) is 18.3 Å². The Hall–Kier alpha value is -1.78.